The zero-order valence-electron chi connectivity index (χ0n) is 18.6. The van der Waals surface area contributed by atoms with E-state index in [1.165, 1.54) is 11.3 Å². The summed E-state index contributed by atoms with van der Waals surface area (Å²) in [6, 6.07) is 16.3. The minimum Gasteiger partial charge on any atom is -0.497 e. The molecule has 33 heavy (non-hydrogen) atoms. The molecule has 1 aliphatic heterocycles. The number of hydrogen-bond donors (Lipinski definition) is 1. The number of benzene rings is 2. The summed E-state index contributed by atoms with van der Waals surface area (Å²) < 4.78 is 32.4. The first kappa shape index (κ1) is 23.2. The molecular weight excluding hydrogens is 458 g/mol. The van der Waals surface area contributed by atoms with Crippen LogP contribution in [0, 0.1) is 5.92 Å². The second-order valence-electron chi connectivity index (χ2n) is 8.20. The maximum absolute atomic E-state index is 13.0. The highest BCUT2D eigenvalue weighted by molar-refractivity contribution is 7.89. The zero-order valence-corrected chi connectivity index (χ0v) is 20.2. The predicted octanol–water partition coefficient (Wildman–Crippen LogP) is 5.21. The van der Waals surface area contributed by atoms with Gasteiger partial charge in [0.25, 0.3) is 0 Å². The summed E-state index contributed by atoms with van der Waals surface area (Å²) in [6.45, 7) is 3.54. The number of carbonyl (C=O) groups is 1. The Bertz CT molecular complexity index is 1290. The van der Waals surface area contributed by atoms with Gasteiger partial charge in [0.1, 0.15) is 11.8 Å². The molecule has 0 bridgehead atoms. The number of thiophene rings is 1. The fourth-order valence-corrected chi connectivity index (χ4v) is 7.35. The number of carboxylic acids is 1. The van der Waals surface area contributed by atoms with E-state index in [-0.39, 0.29) is 17.4 Å². The van der Waals surface area contributed by atoms with Crippen LogP contribution in [0.1, 0.15) is 29.9 Å². The lowest BCUT2D eigenvalue weighted by Gasteiger charge is -2.25. The molecule has 0 saturated heterocycles. The van der Waals surface area contributed by atoms with Gasteiger partial charge >= 0.3 is 5.97 Å². The average molecular weight is 484 g/mol. The van der Waals surface area contributed by atoms with Crippen molar-refractivity contribution in [1.29, 1.82) is 0 Å². The number of nitrogens with zero attached hydrogens (tertiary/aromatic N) is 1. The van der Waals surface area contributed by atoms with Crippen LogP contribution in [0.4, 0.5) is 0 Å². The molecule has 4 rings (SSSR count). The molecule has 1 atom stereocenters. The van der Waals surface area contributed by atoms with Gasteiger partial charge in [0.2, 0.25) is 10.0 Å². The van der Waals surface area contributed by atoms with E-state index in [2.05, 4.69) is 0 Å². The van der Waals surface area contributed by atoms with E-state index in [9.17, 15) is 18.3 Å². The van der Waals surface area contributed by atoms with Crippen LogP contribution in [0.3, 0.4) is 0 Å². The Hall–Kier alpha value is -2.94. The zero-order chi connectivity index (χ0) is 23.8. The van der Waals surface area contributed by atoms with Crippen molar-refractivity contribution in [2.75, 3.05) is 7.11 Å². The van der Waals surface area contributed by atoms with Crippen LogP contribution in [0.15, 0.2) is 59.5 Å². The van der Waals surface area contributed by atoms with Crippen molar-refractivity contribution >= 4 is 39.5 Å². The number of aliphatic carboxylic acids is 1. The molecule has 172 valence electrons. The van der Waals surface area contributed by atoms with Crippen LogP contribution in [-0.4, -0.2) is 37.0 Å². The first-order valence-corrected chi connectivity index (χ1v) is 12.8. The molecule has 2 aromatic carbocycles. The maximum atomic E-state index is 13.0. The maximum Gasteiger partial charge on any atom is 0.322 e. The van der Waals surface area contributed by atoms with Gasteiger partial charge in [-0.15, -0.1) is 11.3 Å². The van der Waals surface area contributed by atoms with Crippen LogP contribution in [0.25, 0.3) is 22.6 Å². The summed E-state index contributed by atoms with van der Waals surface area (Å²) >= 11 is 1.40. The van der Waals surface area contributed by atoms with Crippen molar-refractivity contribution < 1.29 is 23.1 Å². The van der Waals surface area contributed by atoms with Crippen LogP contribution in [0.5, 0.6) is 5.75 Å². The fourth-order valence-electron chi connectivity index (χ4n) is 3.89. The van der Waals surface area contributed by atoms with Gasteiger partial charge in [-0.25, -0.2) is 8.42 Å². The standard InChI is InChI=1S/C25H25NO5S2/c1-16(2)24(25(27)28)26-15-22-23(33(26,29)30)14-21(32-22)19-10-6-17(7-11-19)4-5-18-8-12-20(31-3)13-9-18/h4-14,16,24H,15H2,1-3H3,(H,27,28)/b5-4+. The fraction of sp³-hybridized carbons (Fsp3) is 0.240. The molecule has 0 saturated carbocycles. The van der Waals surface area contributed by atoms with Gasteiger partial charge in [0.05, 0.1) is 18.6 Å². The summed E-state index contributed by atoms with van der Waals surface area (Å²) in [7, 11) is -2.20. The van der Waals surface area contributed by atoms with Crippen molar-refractivity contribution in [3.63, 3.8) is 0 Å². The van der Waals surface area contributed by atoms with Gasteiger partial charge in [-0.2, -0.15) is 4.31 Å². The van der Waals surface area contributed by atoms with Crippen LogP contribution in [0.2, 0.25) is 0 Å². The van der Waals surface area contributed by atoms with Gasteiger partial charge in [0, 0.05) is 9.75 Å². The monoisotopic (exact) mass is 483 g/mol. The van der Waals surface area contributed by atoms with E-state index in [0.29, 0.717) is 4.88 Å². The smallest absolute Gasteiger partial charge is 0.322 e. The molecule has 8 heteroatoms. The van der Waals surface area contributed by atoms with Gasteiger partial charge in [0.15, 0.2) is 0 Å². The van der Waals surface area contributed by atoms with E-state index in [0.717, 1.165) is 31.6 Å². The van der Waals surface area contributed by atoms with Crippen LogP contribution in [-0.2, 0) is 21.4 Å². The Morgan fingerprint density at radius 3 is 2.12 bits per heavy atom. The first-order chi connectivity index (χ1) is 15.7. The second kappa shape index (κ2) is 9.13. The van der Waals surface area contributed by atoms with E-state index >= 15 is 0 Å². The number of rotatable bonds is 7. The van der Waals surface area contributed by atoms with Crippen molar-refractivity contribution in [1.82, 2.24) is 4.31 Å². The average Bonchev–Trinajstić information content (AvgIpc) is 3.31. The van der Waals surface area contributed by atoms with Crippen molar-refractivity contribution in [2.24, 2.45) is 5.92 Å². The molecule has 3 aromatic rings. The number of fused-ring (bicyclic) bond motifs is 1. The quantitative estimate of drug-likeness (QED) is 0.467. The molecule has 1 unspecified atom stereocenters. The van der Waals surface area contributed by atoms with E-state index in [1.807, 2.05) is 60.7 Å². The lowest BCUT2D eigenvalue weighted by molar-refractivity contribution is -0.143. The van der Waals surface area contributed by atoms with E-state index in [1.54, 1.807) is 27.0 Å². The number of ether oxygens (including phenoxy) is 1. The second-order valence-corrected chi connectivity index (χ2v) is 11.2. The van der Waals surface area contributed by atoms with Crippen LogP contribution < -0.4 is 4.74 Å². The molecule has 0 amide bonds. The lowest BCUT2D eigenvalue weighted by Crippen LogP contribution is -2.44. The van der Waals surface area contributed by atoms with Gasteiger partial charge in [-0.1, -0.05) is 62.4 Å². The third-order valence-corrected chi connectivity index (χ3v) is 8.82. The molecule has 0 fully saturated rings. The molecule has 0 radical (unpaired) electrons. The summed E-state index contributed by atoms with van der Waals surface area (Å²) in [4.78, 5) is 13.4. The number of carboxylic acid groups (broad SMARTS) is 1. The Kier molecular flexibility index (Phi) is 6.43. The third-order valence-electron chi connectivity index (χ3n) is 5.63. The number of sulfonamides is 1. The minimum atomic E-state index is -3.83. The molecule has 2 heterocycles. The summed E-state index contributed by atoms with van der Waals surface area (Å²) in [6.07, 6.45) is 4.03. The number of hydrogen-bond acceptors (Lipinski definition) is 5. The highest BCUT2D eigenvalue weighted by atomic mass is 32.2. The minimum absolute atomic E-state index is 0.0974. The molecular formula is C25H25NO5S2. The molecule has 1 N–H and O–H groups in total. The molecule has 0 aliphatic carbocycles. The molecule has 0 spiro atoms. The van der Waals surface area contributed by atoms with E-state index in [4.69, 9.17) is 4.74 Å². The van der Waals surface area contributed by atoms with Gasteiger partial charge in [-0.05, 0) is 40.8 Å². The Balaban J connectivity index is 1.53. The first-order valence-electron chi connectivity index (χ1n) is 10.5. The molecule has 1 aliphatic rings. The predicted molar refractivity (Wildman–Crippen MR) is 131 cm³/mol. The highest BCUT2D eigenvalue weighted by Crippen LogP contribution is 2.42. The van der Waals surface area contributed by atoms with Crippen molar-refractivity contribution in [2.45, 2.75) is 31.3 Å². The Labute approximate surface area is 197 Å². The van der Waals surface area contributed by atoms with E-state index < -0.39 is 22.0 Å². The largest absolute Gasteiger partial charge is 0.497 e. The van der Waals surface area contributed by atoms with Crippen LogP contribution >= 0.6 is 11.3 Å². The molecule has 6 nitrogen and oxygen atoms in total. The Morgan fingerprint density at radius 1 is 1.06 bits per heavy atom. The molecule has 1 aromatic heterocycles. The summed E-state index contributed by atoms with van der Waals surface area (Å²) in [5, 5.41) is 9.54. The van der Waals surface area contributed by atoms with Gasteiger partial charge in [-0.3, -0.25) is 4.79 Å². The highest BCUT2D eigenvalue weighted by Gasteiger charge is 2.44. The normalized spacial score (nSPS) is 16.2. The third kappa shape index (κ3) is 4.59. The SMILES string of the molecule is COc1ccc(/C=C/c2ccc(-c3cc4c(s3)CN(C(C(=O)O)C(C)C)S4(=O)=O)cc2)cc1. The topological polar surface area (TPSA) is 83.9 Å². The van der Waals surface area contributed by atoms with Crippen molar-refractivity contribution in [3.05, 3.63) is 70.6 Å². The summed E-state index contributed by atoms with van der Waals surface area (Å²) in [5.74, 6) is -0.640. The Morgan fingerprint density at radius 2 is 1.64 bits per heavy atom. The number of methoxy groups -OCH3 is 1. The van der Waals surface area contributed by atoms with Gasteiger partial charge < -0.3 is 9.84 Å². The van der Waals surface area contributed by atoms with Crippen molar-refractivity contribution in [3.8, 4) is 16.2 Å². The summed E-state index contributed by atoms with van der Waals surface area (Å²) in [5.41, 5.74) is 3.01. The lowest BCUT2D eigenvalue weighted by atomic mass is 10.0.